The summed E-state index contributed by atoms with van der Waals surface area (Å²) in [6, 6.07) is 10.2. The zero-order valence-electron chi connectivity index (χ0n) is 16.4. The number of rotatable bonds is 10. The quantitative estimate of drug-likeness (QED) is 0.307. The minimum absolute atomic E-state index is 0. The molecule has 2 rings (SSSR count). The molecule has 1 aromatic heterocycles. The third-order valence-corrected chi connectivity index (χ3v) is 4.01. The van der Waals surface area contributed by atoms with E-state index in [-0.39, 0.29) is 24.0 Å². The number of aromatic nitrogens is 3. The molecular weight excluding hydrogens is 455 g/mol. The lowest BCUT2D eigenvalue weighted by Crippen LogP contribution is -2.41. The first-order valence-corrected chi connectivity index (χ1v) is 9.15. The number of halogens is 1. The highest BCUT2D eigenvalue weighted by atomic mass is 127. The topological polar surface area (TPSA) is 76.4 Å². The molecule has 0 aliphatic carbocycles. The van der Waals surface area contributed by atoms with Crippen molar-refractivity contribution < 1.29 is 4.74 Å². The monoisotopic (exact) mass is 486 g/mol. The molecule has 8 heteroatoms. The van der Waals surface area contributed by atoms with E-state index in [9.17, 15) is 0 Å². The van der Waals surface area contributed by atoms with E-state index in [1.54, 1.807) is 13.4 Å². The normalized spacial score (nSPS) is 12.3. The van der Waals surface area contributed by atoms with E-state index in [0.717, 1.165) is 37.8 Å². The van der Waals surface area contributed by atoms with Crippen molar-refractivity contribution in [1.29, 1.82) is 0 Å². The highest BCUT2D eigenvalue weighted by molar-refractivity contribution is 14.0. The van der Waals surface area contributed by atoms with E-state index >= 15 is 0 Å². The van der Waals surface area contributed by atoms with Crippen LogP contribution in [0.15, 0.2) is 41.7 Å². The van der Waals surface area contributed by atoms with Crippen LogP contribution in [0.3, 0.4) is 0 Å². The fourth-order valence-electron chi connectivity index (χ4n) is 2.54. The van der Waals surface area contributed by atoms with Gasteiger partial charge in [0.2, 0.25) is 0 Å². The van der Waals surface area contributed by atoms with Crippen LogP contribution in [0.1, 0.15) is 25.2 Å². The Hall–Kier alpha value is -1.68. The molecule has 0 radical (unpaired) electrons. The summed E-state index contributed by atoms with van der Waals surface area (Å²) < 4.78 is 7.84. The largest absolute Gasteiger partial charge is 0.376 e. The second-order valence-electron chi connectivity index (χ2n) is 6.28. The molecule has 27 heavy (non-hydrogen) atoms. The van der Waals surface area contributed by atoms with Crippen LogP contribution in [-0.2, 0) is 24.3 Å². The zero-order valence-corrected chi connectivity index (χ0v) is 18.7. The first kappa shape index (κ1) is 23.4. The molecule has 2 aromatic rings. The maximum absolute atomic E-state index is 5.79. The van der Waals surface area contributed by atoms with Gasteiger partial charge in [0, 0.05) is 33.1 Å². The molecule has 0 bridgehead atoms. The smallest absolute Gasteiger partial charge is 0.191 e. The van der Waals surface area contributed by atoms with Gasteiger partial charge >= 0.3 is 0 Å². The van der Waals surface area contributed by atoms with Gasteiger partial charge in [0.1, 0.15) is 12.2 Å². The molecule has 7 nitrogen and oxygen atoms in total. The fourth-order valence-corrected chi connectivity index (χ4v) is 2.54. The van der Waals surface area contributed by atoms with Gasteiger partial charge in [-0.05, 0) is 11.5 Å². The van der Waals surface area contributed by atoms with Crippen molar-refractivity contribution in [2.75, 3.05) is 26.7 Å². The van der Waals surface area contributed by atoms with E-state index < -0.39 is 0 Å². The Balaban J connectivity index is 0.00000364. The number of hydrogen-bond donors (Lipinski definition) is 2. The molecule has 1 heterocycles. The minimum atomic E-state index is 0. The number of benzene rings is 1. The summed E-state index contributed by atoms with van der Waals surface area (Å²) in [4.78, 5) is 4.26. The third-order valence-electron chi connectivity index (χ3n) is 4.01. The van der Waals surface area contributed by atoms with Gasteiger partial charge in [0.25, 0.3) is 0 Å². The van der Waals surface area contributed by atoms with Crippen LogP contribution in [0.25, 0.3) is 0 Å². The average Bonchev–Trinajstić information content (AvgIpc) is 3.13. The molecule has 1 atom stereocenters. The van der Waals surface area contributed by atoms with Gasteiger partial charge in [0.15, 0.2) is 5.96 Å². The second kappa shape index (κ2) is 13.5. The van der Waals surface area contributed by atoms with Crippen molar-refractivity contribution in [3.63, 3.8) is 0 Å². The van der Waals surface area contributed by atoms with Crippen molar-refractivity contribution in [2.24, 2.45) is 10.9 Å². The third kappa shape index (κ3) is 8.70. The predicted octanol–water partition coefficient (Wildman–Crippen LogP) is 2.48. The van der Waals surface area contributed by atoms with Crippen LogP contribution in [-0.4, -0.2) is 47.5 Å². The van der Waals surface area contributed by atoms with E-state index in [0.29, 0.717) is 19.1 Å². The first-order valence-electron chi connectivity index (χ1n) is 9.15. The van der Waals surface area contributed by atoms with Gasteiger partial charge in [-0.15, -0.1) is 34.2 Å². The molecular formula is C19H31IN6O. The standard InChI is InChI=1S/C19H30N6O.HI/c1-4-18-24-23-15-25(18)11-10-21-19(20-3)22-12-16(2)13-26-14-17-8-6-5-7-9-17;/h5-9,15-16H,4,10-14H2,1-3H3,(H2,20,21,22);1H. The van der Waals surface area contributed by atoms with Crippen LogP contribution in [0.4, 0.5) is 0 Å². The molecule has 0 aliphatic heterocycles. The molecule has 1 unspecified atom stereocenters. The Morgan fingerprint density at radius 1 is 1.26 bits per heavy atom. The summed E-state index contributed by atoms with van der Waals surface area (Å²) in [5.41, 5.74) is 1.20. The lowest BCUT2D eigenvalue weighted by atomic mass is 10.2. The number of hydrogen-bond acceptors (Lipinski definition) is 4. The van der Waals surface area contributed by atoms with Crippen molar-refractivity contribution in [1.82, 2.24) is 25.4 Å². The van der Waals surface area contributed by atoms with Gasteiger partial charge in [0.05, 0.1) is 13.2 Å². The van der Waals surface area contributed by atoms with Gasteiger partial charge in [-0.3, -0.25) is 4.99 Å². The van der Waals surface area contributed by atoms with Gasteiger partial charge in [-0.2, -0.15) is 0 Å². The lowest BCUT2D eigenvalue weighted by molar-refractivity contribution is 0.0931. The molecule has 150 valence electrons. The summed E-state index contributed by atoms with van der Waals surface area (Å²) in [6.07, 6.45) is 2.65. The Labute approximate surface area is 179 Å². The van der Waals surface area contributed by atoms with Gasteiger partial charge < -0.3 is 19.9 Å². The lowest BCUT2D eigenvalue weighted by Gasteiger charge is -2.16. The first-order chi connectivity index (χ1) is 12.7. The zero-order chi connectivity index (χ0) is 18.6. The van der Waals surface area contributed by atoms with E-state index in [1.165, 1.54) is 5.56 Å². The van der Waals surface area contributed by atoms with Crippen LogP contribution < -0.4 is 10.6 Å². The number of aryl methyl sites for hydroxylation is 1. The highest BCUT2D eigenvalue weighted by Gasteiger charge is 2.05. The van der Waals surface area contributed by atoms with E-state index in [2.05, 4.69) is 56.4 Å². The van der Waals surface area contributed by atoms with E-state index in [4.69, 9.17) is 4.74 Å². The van der Waals surface area contributed by atoms with Crippen molar-refractivity contribution in [3.05, 3.63) is 48.0 Å². The highest BCUT2D eigenvalue weighted by Crippen LogP contribution is 2.02. The van der Waals surface area contributed by atoms with Crippen LogP contribution >= 0.6 is 24.0 Å². The molecule has 0 saturated carbocycles. The Morgan fingerprint density at radius 2 is 2.04 bits per heavy atom. The van der Waals surface area contributed by atoms with Gasteiger partial charge in [-0.1, -0.05) is 44.2 Å². The molecule has 0 amide bonds. The summed E-state index contributed by atoms with van der Waals surface area (Å²) in [7, 11) is 1.78. The van der Waals surface area contributed by atoms with Gasteiger partial charge in [-0.25, -0.2) is 0 Å². The second-order valence-corrected chi connectivity index (χ2v) is 6.28. The van der Waals surface area contributed by atoms with E-state index in [1.807, 2.05) is 18.2 Å². The maximum atomic E-state index is 5.79. The average molecular weight is 486 g/mol. The number of aliphatic imine (C=N–C) groups is 1. The Kier molecular flexibility index (Phi) is 11.7. The fraction of sp³-hybridized carbons (Fsp3) is 0.526. The molecule has 0 aliphatic rings. The SMILES string of the molecule is CCc1nncn1CCNC(=NC)NCC(C)COCc1ccccc1.I. The number of guanidine groups is 1. The van der Waals surface area contributed by atoms with Crippen LogP contribution in [0, 0.1) is 5.92 Å². The van der Waals surface area contributed by atoms with Crippen LogP contribution in [0.2, 0.25) is 0 Å². The molecule has 2 N–H and O–H groups in total. The summed E-state index contributed by atoms with van der Waals surface area (Å²) in [5, 5.41) is 14.7. The minimum Gasteiger partial charge on any atom is -0.376 e. The molecule has 1 aromatic carbocycles. The number of nitrogens with one attached hydrogen (secondary N) is 2. The maximum Gasteiger partial charge on any atom is 0.191 e. The van der Waals surface area contributed by atoms with Crippen molar-refractivity contribution >= 4 is 29.9 Å². The summed E-state index contributed by atoms with van der Waals surface area (Å²) in [6.45, 7) is 7.99. The number of ether oxygens (including phenoxy) is 1. The summed E-state index contributed by atoms with van der Waals surface area (Å²) >= 11 is 0. The van der Waals surface area contributed by atoms with Crippen LogP contribution in [0.5, 0.6) is 0 Å². The predicted molar refractivity (Wildman–Crippen MR) is 119 cm³/mol. The Morgan fingerprint density at radius 3 is 2.74 bits per heavy atom. The molecule has 0 fully saturated rings. The molecule has 0 saturated heterocycles. The molecule has 0 spiro atoms. The van der Waals surface area contributed by atoms with Crippen molar-refractivity contribution in [3.8, 4) is 0 Å². The van der Waals surface area contributed by atoms with Crippen molar-refractivity contribution in [2.45, 2.75) is 33.4 Å². The summed E-state index contributed by atoms with van der Waals surface area (Å²) in [5.74, 6) is 2.19. The Bertz CT molecular complexity index is 661. The number of nitrogens with zero attached hydrogens (tertiary/aromatic N) is 4.